The number of hydrazine groups is 1. The third kappa shape index (κ3) is 4.73. The Morgan fingerprint density at radius 3 is 2.38 bits per heavy atom. The van der Waals surface area contributed by atoms with Gasteiger partial charge in [0.05, 0.1) is 5.56 Å². The molecule has 2 N–H and O–H groups in total. The summed E-state index contributed by atoms with van der Waals surface area (Å²) < 4.78 is 31.6. The molecule has 164 valence electrons. The fourth-order valence-corrected chi connectivity index (χ4v) is 4.61. The zero-order valence-electron chi connectivity index (χ0n) is 16.9. The number of aromatic carboxylic acids is 1. The number of carboxylic acid groups (broad SMARTS) is 1. The summed E-state index contributed by atoms with van der Waals surface area (Å²) in [5.41, 5.74) is 5.21. The summed E-state index contributed by atoms with van der Waals surface area (Å²) in [5, 5.41) is 9.21. The van der Waals surface area contributed by atoms with E-state index < -0.39 is 27.7 Å². The molecular weight excluding hydrogens is 432 g/mol. The molecule has 1 saturated heterocycles. The largest absolute Gasteiger partial charge is 0.487 e. The highest BCUT2D eigenvalue weighted by Gasteiger charge is 2.36. The maximum absolute atomic E-state index is 12.4. The minimum absolute atomic E-state index is 0.186. The Kier molecular flexibility index (Phi) is 5.83. The molecule has 1 aliphatic heterocycles. The Morgan fingerprint density at radius 2 is 1.69 bits per heavy atom. The SMILES string of the molecule is O=C1CS(=O)(=O)N(c2ccc(Cc3cccc(C(=O)O)c3)cc2OCc2ccccc2)N1. The van der Waals surface area contributed by atoms with Crippen LogP contribution in [0.15, 0.2) is 72.8 Å². The van der Waals surface area contributed by atoms with E-state index in [1.165, 1.54) is 6.07 Å². The number of nitrogens with one attached hydrogen (secondary N) is 1. The van der Waals surface area contributed by atoms with E-state index in [0.717, 1.165) is 21.1 Å². The van der Waals surface area contributed by atoms with Crippen LogP contribution in [0.3, 0.4) is 0 Å². The van der Waals surface area contributed by atoms with E-state index in [4.69, 9.17) is 4.74 Å². The van der Waals surface area contributed by atoms with Crippen molar-refractivity contribution in [3.05, 3.63) is 95.1 Å². The van der Waals surface area contributed by atoms with Gasteiger partial charge in [0.1, 0.15) is 18.0 Å². The van der Waals surface area contributed by atoms with Crippen LogP contribution >= 0.6 is 0 Å². The highest BCUT2D eigenvalue weighted by molar-refractivity contribution is 7.93. The van der Waals surface area contributed by atoms with Crippen LogP contribution in [-0.2, 0) is 27.8 Å². The van der Waals surface area contributed by atoms with Gasteiger partial charge >= 0.3 is 5.97 Å². The van der Waals surface area contributed by atoms with Crippen LogP contribution in [-0.4, -0.2) is 31.2 Å². The molecule has 0 unspecified atom stereocenters. The normalized spacial score (nSPS) is 14.8. The van der Waals surface area contributed by atoms with E-state index in [1.54, 1.807) is 30.3 Å². The Morgan fingerprint density at radius 1 is 0.969 bits per heavy atom. The van der Waals surface area contributed by atoms with Crippen LogP contribution in [0, 0.1) is 0 Å². The standard InChI is InChI=1S/C23H20N2O6S/c26-22-15-32(29,30)25(24-22)20-10-9-18(11-17-7-4-8-19(12-17)23(27)28)13-21(20)31-14-16-5-2-1-3-6-16/h1-10,12-13H,11,14-15H2,(H,24,26)(H,27,28). The van der Waals surface area contributed by atoms with Crippen LogP contribution in [0.5, 0.6) is 5.75 Å². The van der Waals surface area contributed by atoms with Gasteiger partial charge in [0.15, 0.2) is 5.75 Å². The lowest BCUT2D eigenvalue weighted by Crippen LogP contribution is -2.36. The van der Waals surface area contributed by atoms with Crippen LogP contribution < -0.4 is 14.6 Å². The number of amides is 1. The van der Waals surface area contributed by atoms with Gasteiger partial charge in [-0.3, -0.25) is 10.2 Å². The van der Waals surface area contributed by atoms with Crippen LogP contribution in [0.25, 0.3) is 0 Å². The summed E-state index contributed by atoms with van der Waals surface area (Å²) in [4.78, 5) is 22.9. The summed E-state index contributed by atoms with van der Waals surface area (Å²) in [7, 11) is -3.85. The molecule has 3 aromatic rings. The predicted octanol–water partition coefficient (Wildman–Crippen LogP) is 2.74. The molecule has 0 atom stereocenters. The Balaban J connectivity index is 1.67. The maximum Gasteiger partial charge on any atom is 0.335 e. The van der Waals surface area contributed by atoms with E-state index in [2.05, 4.69) is 5.43 Å². The molecule has 3 aromatic carbocycles. The molecule has 0 spiro atoms. The molecule has 0 aliphatic carbocycles. The number of carboxylic acids is 1. The smallest absolute Gasteiger partial charge is 0.335 e. The van der Waals surface area contributed by atoms with Crippen molar-refractivity contribution in [3.8, 4) is 5.75 Å². The summed E-state index contributed by atoms with van der Waals surface area (Å²) in [5.74, 6) is -1.97. The Labute approximate surface area is 185 Å². The van der Waals surface area contributed by atoms with Gasteiger partial charge in [-0.1, -0.05) is 48.5 Å². The Hall–Kier alpha value is -3.85. The number of hydrogen-bond acceptors (Lipinski definition) is 5. The van der Waals surface area contributed by atoms with Crippen molar-refractivity contribution < 1.29 is 27.9 Å². The summed E-state index contributed by atoms with van der Waals surface area (Å²) in [6.45, 7) is 0.202. The Bertz CT molecular complexity index is 1270. The second-order valence-electron chi connectivity index (χ2n) is 7.31. The minimum Gasteiger partial charge on any atom is -0.487 e. The van der Waals surface area contributed by atoms with Crippen molar-refractivity contribution in [1.82, 2.24) is 5.43 Å². The third-order valence-electron chi connectivity index (χ3n) is 4.88. The second-order valence-corrected chi connectivity index (χ2v) is 9.13. The number of rotatable bonds is 7. The molecule has 0 bridgehead atoms. The average molecular weight is 452 g/mol. The van der Waals surface area contributed by atoms with Crippen molar-refractivity contribution in [2.75, 3.05) is 10.2 Å². The van der Waals surface area contributed by atoms with Gasteiger partial charge in [0.25, 0.3) is 15.9 Å². The zero-order chi connectivity index (χ0) is 22.7. The number of hydrogen-bond donors (Lipinski definition) is 2. The highest BCUT2D eigenvalue weighted by Crippen LogP contribution is 2.33. The number of nitrogens with zero attached hydrogens (tertiary/aromatic N) is 1. The fraction of sp³-hybridized carbons (Fsp3) is 0.130. The van der Waals surface area contributed by atoms with Gasteiger partial charge in [-0.05, 0) is 47.4 Å². The molecule has 1 aliphatic rings. The molecule has 0 radical (unpaired) electrons. The first kappa shape index (κ1) is 21.4. The molecule has 1 heterocycles. The van der Waals surface area contributed by atoms with Gasteiger partial charge in [-0.2, -0.15) is 4.41 Å². The molecule has 32 heavy (non-hydrogen) atoms. The van der Waals surface area contributed by atoms with Crippen molar-refractivity contribution in [3.63, 3.8) is 0 Å². The molecule has 8 nitrogen and oxygen atoms in total. The summed E-state index contributed by atoms with van der Waals surface area (Å²) in [6.07, 6.45) is 0.419. The topological polar surface area (TPSA) is 113 Å². The van der Waals surface area contributed by atoms with Crippen molar-refractivity contribution >= 4 is 27.6 Å². The minimum atomic E-state index is -3.85. The molecule has 0 aromatic heterocycles. The fourth-order valence-electron chi connectivity index (χ4n) is 3.39. The molecular formula is C23H20N2O6S. The number of ether oxygens (including phenoxy) is 1. The lowest BCUT2D eigenvalue weighted by Gasteiger charge is -2.21. The average Bonchev–Trinajstić information content (AvgIpc) is 3.05. The first-order chi connectivity index (χ1) is 15.3. The zero-order valence-corrected chi connectivity index (χ0v) is 17.7. The van der Waals surface area contributed by atoms with Gasteiger partial charge in [-0.15, -0.1) is 0 Å². The number of carbonyl (C=O) groups is 2. The lowest BCUT2D eigenvalue weighted by molar-refractivity contribution is -0.117. The number of sulfonamides is 1. The third-order valence-corrected chi connectivity index (χ3v) is 6.35. The van der Waals surface area contributed by atoms with Gasteiger partial charge in [-0.25, -0.2) is 13.2 Å². The van der Waals surface area contributed by atoms with E-state index in [-0.39, 0.29) is 23.6 Å². The maximum atomic E-state index is 12.4. The van der Waals surface area contributed by atoms with Crippen molar-refractivity contribution in [2.45, 2.75) is 13.0 Å². The number of carbonyl (C=O) groups excluding carboxylic acids is 1. The molecule has 1 amide bonds. The second kappa shape index (κ2) is 8.72. The summed E-state index contributed by atoms with van der Waals surface area (Å²) in [6, 6.07) is 21.0. The van der Waals surface area contributed by atoms with E-state index in [9.17, 15) is 23.1 Å². The molecule has 0 saturated carbocycles. The highest BCUT2D eigenvalue weighted by atomic mass is 32.2. The molecule has 9 heteroatoms. The lowest BCUT2D eigenvalue weighted by atomic mass is 10.0. The first-order valence-corrected chi connectivity index (χ1v) is 11.4. The van der Waals surface area contributed by atoms with Crippen molar-refractivity contribution in [1.29, 1.82) is 0 Å². The monoisotopic (exact) mass is 452 g/mol. The molecule has 4 rings (SSSR count). The summed E-state index contributed by atoms with van der Waals surface area (Å²) >= 11 is 0. The van der Waals surface area contributed by atoms with Crippen LogP contribution in [0.1, 0.15) is 27.0 Å². The van der Waals surface area contributed by atoms with Crippen molar-refractivity contribution in [2.24, 2.45) is 0 Å². The predicted molar refractivity (Wildman–Crippen MR) is 118 cm³/mol. The van der Waals surface area contributed by atoms with Crippen LogP contribution in [0.4, 0.5) is 5.69 Å². The van der Waals surface area contributed by atoms with Gasteiger partial charge in [0, 0.05) is 0 Å². The molecule has 1 fully saturated rings. The van der Waals surface area contributed by atoms with Gasteiger partial charge in [0.2, 0.25) is 0 Å². The van der Waals surface area contributed by atoms with Crippen LogP contribution in [0.2, 0.25) is 0 Å². The van der Waals surface area contributed by atoms with E-state index in [0.29, 0.717) is 6.42 Å². The quantitative estimate of drug-likeness (QED) is 0.570. The van der Waals surface area contributed by atoms with E-state index in [1.807, 2.05) is 36.4 Å². The van der Waals surface area contributed by atoms with E-state index >= 15 is 0 Å². The number of benzene rings is 3. The number of anilines is 1. The van der Waals surface area contributed by atoms with Gasteiger partial charge < -0.3 is 9.84 Å². The first-order valence-electron chi connectivity index (χ1n) is 9.76.